The number of hydrogen-bond donors (Lipinski definition) is 0. The minimum atomic E-state index is 0.954. The highest BCUT2D eigenvalue weighted by Gasteiger charge is 2.48. The van der Waals surface area contributed by atoms with Crippen molar-refractivity contribution < 1.29 is 0 Å². The fraction of sp³-hybridized carbons (Fsp3) is 1.00. The van der Waals surface area contributed by atoms with Gasteiger partial charge >= 0.3 is 0 Å². The van der Waals surface area contributed by atoms with Gasteiger partial charge in [0.1, 0.15) is 0 Å². The zero-order valence-corrected chi connectivity index (χ0v) is 17.4. The molecule has 3 saturated carbocycles. The average molecular weight is 333 g/mol. The van der Waals surface area contributed by atoms with Gasteiger partial charge in [0.2, 0.25) is 0 Å². The maximum absolute atomic E-state index is 2.62. The third kappa shape index (κ3) is 3.45. The molecule has 0 bridgehead atoms. The van der Waals surface area contributed by atoms with Crippen molar-refractivity contribution in [2.45, 2.75) is 92.9 Å². The van der Waals surface area contributed by atoms with Crippen LogP contribution in [0.2, 0.25) is 0 Å². The first-order chi connectivity index (χ1) is 11.4. The minimum Gasteiger partial charge on any atom is -0.0622 e. The van der Waals surface area contributed by atoms with Crippen molar-refractivity contribution >= 4 is 0 Å². The Bertz CT molecular complexity index is 361. The highest BCUT2D eigenvalue weighted by atomic mass is 14.5. The van der Waals surface area contributed by atoms with Crippen molar-refractivity contribution in [3.05, 3.63) is 0 Å². The molecule has 0 heteroatoms. The van der Waals surface area contributed by atoms with Crippen LogP contribution in [0.15, 0.2) is 0 Å². The second kappa shape index (κ2) is 7.71. The Balaban J connectivity index is 1.87. The van der Waals surface area contributed by atoms with Gasteiger partial charge in [-0.2, -0.15) is 0 Å². The molecule has 0 aliphatic heterocycles. The summed E-state index contributed by atoms with van der Waals surface area (Å²) in [6, 6.07) is 0. The Labute approximate surface area is 152 Å². The third-order valence-electron chi connectivity index (χ3n) is 9.36. The van der Waals surface area contributed by atoms with Crippen LogP contribution in [0.25, 0.3) is 0 Å². The van der Waals surface area contributed by atoms with Gasteiger partial charge in [-0.1, -0.05) is 80.1 Å². The molecule has 0 aromatic carbocycles. The van der Waals surface area contributed by atoms with E-state index in [9.17, 15) is 0 Å². The van der Waals surface area contributed by atoms with Crippen molar-refractivity contribution in [1.82, 2.24) is 0 Å². The van der Waals surface area contributed by atoms with Crippen molar-refractivity contribution in [3.8, 4) is 0 Å². The summed E-state index contributed by atoms with van der Waals surface area (Å²) >= 11 is 0. The maximum atomic E-state index is 2.62. The molecule has 140 valence electrons. The summed E-state index contributed by atoms with van der Waals surface area (Å²) in [7, 11) is 0. The molecule has 0 nitrogen and oxygen atoms in total. The molecule has 0 aromatic heterocycles. The van der Waals surface area contributed by atoms with Crippen LogP contribution in [0.5, 0.6) is 0 Å². The van der Waals surface area contributed by atoms with E-state index < -0.39 is 0 Å². The Morgan fingerprint density at radius 3 is 1.17 bits per heavy atom. The molecular weight excluding hydrogens is 288 g/mol. The Morgan fingerprint density at radius 1 is 0.417 bits per heavy atom. The van der Waals surface area contributed by atoms with E-state index in [2.05, 4.69) is 41.5 Å². The molecule has 10 atom stereocenters. The highest BCUT2D eigenvalue weighted by molar-refractivity contribution is 4.97. The van der Waals surface area contributed by atoms with Crippen molar-refractivity contribution in [1.29, 1.82) is 0 Å². The van der Waals surface area contributed by atoms with E-state index in [1.54, 1.807) is 0 Å². The first-order valence-corrected chi connectivity index (χ1v) is 11.4. The van der Waals surface area contributed by atoms with Crippen molar-refractivity contribution in [2.24, 2.45) is 59.2 Å². The molecule has 0 radical (unpaired) electrons. The fourth-order valence-corrected chi connectivity index (χ4v) is 7.42. The fourth-order valence-electron chi connectivity index (χ4n) is 7.42. The molecule has 3 aliphatic carbocycles. The molecule has 3 rings (SSSR count). The van der Waals surface area contributed by atoms with Gasteiger partial charge in [0.15, 0.2) is 0 Å². The summed E-state index contributed by atoms with van der Waals surface area (Å²) in [5.41, 5.74) is 0. The summed E-state index contributed by atoms with van der Waals surface area (Å²) in [6.07, 6.45) is 12.0. The summed E-state index contributed by atoms with van der Waals surface area (Å²) in [5.74, 6) is 9.82. The van der Waals surface area contributed by atoms with Crippen molar-refractivity contribution in [3.63, 3.8) is 0 Å². The van der Waals surface area contributed by atoms with E-state index in [1.165, 1.54) is 51.4 Å². The Morgan fingerprint density at radius 2 is 0.792 bits per heavy atom. The Hall–Kier alpha value is 0. The van der Waals surface area contributed by atoms with Gasteiger partial charge in [-0.3, -0.25) is 0 Å². The first-order valence-electron chi connectivity index (χ1n) is 11.4. The van der Waals surface area contributed by atoms with Gasteiger partial charge in [0.05, 0.1) is 0 Å². The van der Waals surface area contributed by atoms with E-state index in [-0.39, 0.29) is 0 Å². The van der Waals surface area contributed by atoms with Gasteiger partial charge in [0.25, 0.3) is 0 Å². The lowest BCUT2D eigenvalue weighted by atomic mass is 9.51. The van der Waals surface area contributed by atoms with Crippen LogP contribution >= 0.6 is 0 Å². The van der Waals surface area contributed by atoms with Crippen LogP contribution in [0.4, 0.5) is 0 Å². The number of hydrogen-bond acceptors (Lipinski definition) is 0. The monoisotopic (exact) mass is 332 g/mol. The van der Waals surface area contributed by atoms with Crippen molar-refractivity contribution in [2.75, 3.05) is 0 Å². The lowest BCUT2D eigenvalue weighted by Gasteiger charge is -2.54. The topological polar surface area (TPSA) is 0 Å². The van der Waals surface area contributed by atoms with Crippen LogP contribution < -0.4 is 0 Å². The van der Waals surface area contributed by atoms with Crippen LogP contribution in [-0.4, -0.2) is 0 Å². The van der Waals surface area contributed by atoms with Gasteiger partial charge in [-0.05, 0) is 72.0 Å². The normalized spacial score (nSPS) is 53.8. The zero-order valence-electron chi connectivity index (χ0n) is 17.4. The molecule has 0 aromatic rings. The second-order valence-electron chi connectivity index (χ2n) is 10.5. The van der Waals surface area contributed by atoms with Gasteiger partial charge in [-0.15, -0.1) is 0 Å². The SMILES string of the molecule is CC1CCCC(C2C(C)CCC(C)C2C2CCCC(C)C2C)C1C. The summed E-state index contributed by atoms with van der Waals surface area (Å²) in [4.78, 5) is 0. The lowest BCUT2D eigenvalue weighted by molar-refractivity contribution is -0.0519. The predicted octanol–water partition coefficient (Wildman–Crippen LogP) is 7.43. The lowest BCUT2D eigenvalue weighted by Crippen LogP contribution is -2.47. The molecule has 0 heterocycles. The molecular formula is C24H44. The van der Waals surface area contributed by atoms with Crippen LogP contribution in [0.3, 0.4) is 0 Å². The molecule has 0 amide bonds. The summed E-state index contributed by atoms with van der Waals surface area (Å²) < 4.78 is 0. The van der Waals surface area contributed by atoms with Crippen LogP contribution in [0, 0.1) is 59.2 Å². The highest BCUT2D eigenvalue weighted by Crippen LogP contribution is 2.55. The molecule has 10 unspecified atom stereocenters. The zero-order chi connectivity index (χ0) is 17.4. The van der Waals surface area contributed by atoms with E-state index in [1.807, 2.05) is 0 Å². The average Bonchev–Trinajstić information content (AvgIpc) is 2.55. The molecule has 0 spiro atoms. The number of rotatable bonds is 2. The van der Waals surface area contributed by atoms with E-state index in [0.29, 0.717) is 0 Å². The van der Waals surface area contributed by atoms with E-state index >= 15 is 0 Å². The largest absolute Gasteiger partial charge is 0.0622 e. The standard InChI is InChI=1S/C24H44/c1-15-9-7-11-21(19(15)5)23-17(3)13-14-18(4)24(23)22-12-8-10-16(2)20(22)6/h15-24H,7-14H2,1-6H3. The van der Waals surface area contributed by atoms with Gasteiger partial charge in [0, 0.05) is 0 Å². The van der Waals surface area contributed by atoms with Gasteiger partial charge in [-0.25, -0.2) is 0 Å². The smallest absolute Gasteiger partial charge is 0.0324 e. The van der Waals surface area contributed by atoms with Gasteiger partial charge < -0.3 is 0 Å². The Kier molecular flexibility index (Phi) is 6.03. The molecule has 24 heavy (non-hydrogen) atoms. The first kappa shape index (κ1) is 18.8. The molecule has 3 aliphatic rings. The van der Waals surface area contributed by atoms with E-state index in [0.717, 1.165) is 59.2 Å². The summed E-state index contributed by atoms with van der Waals surface area (Å²) in [5, 5.41) is 0. The predicted molar refractivity (Wildman–Crippen MR) is 106 cm³/mol. The van der Waals surface area contributed by atoms with E-state index in [4.69, 9.17) is 0 Å². The maximum Gasteiger partial charge on any atom is -0.0324 e. The quantitative estimate of drug-likeness (QED) is 0.493. The minimum absolute atomic E-state index is 0.954. The molecule has 0 N–H and O–H groups in total. The van der Waals surface area contributed by atoms with Crippen LogP contribution in [-0.2, 0) is 0 Å². The summed E-state index contributed by atoms with van der Waals surface area (Å²) in [6.45, 7) is 15.5. The van der Waals surface area contributed by atoms with Crippen LogP contribution in [0.1, 0.15) is 92.9 Å². The third-order valence-corrected chi connectivity index (χ3v) is 9.36. The molecule has 0 saturated heterocycles. The molecule has 3 fully saturated rings. The second-order valence-corrected chi connectivity index (χ2v) is 10.5.